The van der Waals surface area contributed by atoms with E-state index in [1.165, 1.54) is 58.8 Å². The van der Waals surface area contributed by atoms with Crippen LogP contribution in [0.3, 0.4) is 0 Å². The third-order valence-corrected chi connectivity index (χ3v) is 9.93. The lowest BCUT2D eigenvalue weighted by Gasteiger charge is -2.26. The van der Waals surface area contributed by atoms with Gasteiger partial charge in [-0.3, -0.25) is 0 Å². The Morgan fingerprint density at radius 3 is 1.71 bits per heavy atom. The van der Waals surface area contributed by atoms with Crippen LogP contribution < -0.4 is 4.90 Å². The van der Waals surface area contributed by atoms with E-state index in [-0.39, 0.29) is 0 Å². The zero-order valence-corrected chi connectivity index (χ0v) is 25.3. The van der Waals surface area contributed by atoms with E-state index in [0.29, 0.717) is 0 Å². The number of para-hydroxylation sites is 4. The summed E-state index contributed by atoms with van der Waals surface area (Å²) in [4.78, 5) is 2.35. The first kappa shape index (κ1) is 25.8. The van der Waals surface area contributed by atoms with Crippen molar-refractivity contribution in [1.82, 2.24) is 4.57 Å². The van der Waals surface area contributed by atoms with Crippen molar-refractivity contribution in [3.63, 3.8) is 0 Å². The second-order valence-electron chi connectivity index (χ2n) is 11.4. The van der Waals surface area contributed by atoms with Gasteiger partial charge in [-0.15, -0.1) is 11.3 Å². The van der Waals surface area contributed by atoms with E-state index in [2.05, 4.69) is 179 Å². The molecule has 0 N–H and O–H groups in total. The minimum atomic E-state index is 1.12. The van der Waals surface area contributed by atoms with Gasteiger partial charge in [-0.2, -0.15) is 0 Å². The van der Waals surface area contributed by atoms with Crippen molar-refractivity contribution in [2.75, 3.05) is 4.90 Å². The molecule has 0 unspecified atom stereocenters. The molecular formula is C42H28N2S. The van der Waals surface area contributed by atoms with Crippen molar-refractivity contribution in [3.05, 3.63) is 170 Å². The molecule has 0 fully saturated rings. The number of anilines is 3. The van der Waals surface area contributed by atoms with Crippen LogP contribution in [0.5, 0.6) is 0 Å². The van der Waals surface area contributed by atoms with E-state index in [1.54, 1.807) is 0 Å². The maximum Gasteiger partial charge on any atom is 0.0541 e. The Bertz CT molecular complexity index is 2430. The molecule has 9 aromatic rings. The van der Waals surface area contributed by atoms with Crippen LogP contribution in [0.2, 0.25) is 0 Å². The van der Waals surface area contributed by atoms with Crippen LogP contribution in [0.1, 0.15) is 0 Å². The molecule has 45 heavy (non-hydrogen) atoms. The Hall–Kier alpha value is -5.64. The molecular weight excluding hydrogens is 565 g/mol. The first-order valence-electron chi connectivity index (χ1n) is 15.3. The number of hydrogen-bond acceptors (Lipinski definition) is 2. The molecule has 0 atom stereocenters. The van der Waals surface area contributed by atoms with Gasteiger partial charge < -0.3 is 9.47 Å². The fourth-order valence-electron chi connectivity index (χ4n) is 6.76. The second-order valence-corrected chi connectivity index (χ2v) is 12.5. The summed E-state index contributed by atoms with van der Waals surface area (Å²) >= 11 is 1.86. The highest BCUT2D eigenvalue weighted by Crippen LogP contribution is 2.41. The summed E-state index contributed by atoms with van der Waals surface area (Å²) in [5.74, 6) is 0. The van der Waals surface area contributed by atoms with Crippen LogP contribution in [0.4, 0.5) is 17.1 Å². The summed E-state index contributed by atoms with van der Waals surface area (Å²) in [5.41, 5.74) is 9.41. The van der Waals surface area contributed by atoms with E-state index in [1.807, 2.05) is 11.3 Å². The minimum absolute atomic E-state index is 1.12. The van der Waals surface area contributed by atoms with E-state index in [0.717, 1.165) is 17.1 Å². The minimum Gasteiger partial charge on any atom is -0.310 e. The standard InChI is InChI=1S/C42H28N2S/c1-2-12-30(13-3-1)43(32-26-27-37-36-17-7-11-21-41(36)45-42(37)28-32)31-24-22-29(23-25-31)33-14-4-8-18-38(33)44-39-19-9-5-15-34(39)35-16-6-10-20-40(35)44/h1-28H. The van der Waals surface area contributed by atoms with Crippen LogP contribution in [0.25, 0.3) is 58.8 Å². The van der Waals surface area contributed by atoms with E-state index in [4.69, 9.17) is 0 Å². The van der Waals surface area contributed by atoms with Gasteiger partial charge in [0.15, 0.2) is 0 Å². The maximum absolute atomic E-state index is 2.41. The largest absolute Gasteiger partial charge is 0.310 e. The predicted molar refractivity (Wildman–Crippen MR) is 194 cm³/mol. The Labute approximate surface area is 265 Å². The molecule has 2 aromatic heterocycles. The SMILES string of the molecule is c1ccc(N(c2ccc(-c3ccccc3-n3c4ccccc4c4ccccc43)cc2)c2ccc3c(c2)sc2ccccc23)cc1. The second kappa shape index (κ2) is 10.5. The Morgan fingerprint density at radius 1 is 0.400 bits per heavy atom. The van der Waals surface area contributed by atoms with E-state index < -0.39 is 0 Å². The highest BCUT2D eigenvalue weighted by Gasteiger charge is 2.17. The lowest BCUT2D eigenvalue weighted by Crippen LogP contribution is -2.09. The van der Waals surface area contributed by atoms with Crippen LogP contribution >= 0.6 is 11.3 Å². The summed E-state index contributed by atoms with van der Waals surface area (Å²) in [5, 5.41) is 5.17. The zero-order valence-electron chi connectivity index (χ0n) is 24.5. The highest BCUT2D eigenvalue weighted by molar-refractivity contribution is 7.25. The number of thiophene rings is 1. The van der Waals surface area contributed by atoms with Crippen molar-refractivity contribution in [3.8, 4) is 16.8 Å². The molecule has 3 heteroatoms. The molecule has 7 aromatic carbocycles. The van der Waals surface area contributed by atoms with Crippen molar-refractivity contribution in [2.45, 2.75) is 0 Å². The lowest BCUT2D eigenvalue weighted by atomic mass is 10.0. The third kappa shape index (κ3) is 4.24. The van der Waals surface area contributed by atoms with Gasteiger partial charge in [0.2, 0.25) is 0 Å². The predicted octanol–water partition coefficient (Wildman–Crippen LogP) is 12.3. The van der Waals surface area contributed by atoms with Crippen LogP contribution in [-0.2, 0) is 0 Å². The monoisotopic (exact) mass is 592 g/mol. The average molecular weight is 593 g/mol. The van der Waals surface area contributed by atoms with Gasteiger partial charge in [0.1, 0.15) is 0 Å². The quantitative estimate of drug-likeness (QED) is 0.193. The van der Waals surface area contributed by atoms with Crippen molar-refractivity contribution in [2.24, 2.45) is 0 Å². The maximum atomic E-state index is 2.41. The highest BCUT2D eigenvalue weighted by atomic mass is 32.1. The molecule has 0 saturated carbocycles. The molecule has 0 spiro atoms. The first-order chi connectivity index (χ1) is 22.3. The molecule has 9 rings (SSSR count). The molecule has 0 bridgehead atoms. The molecule has 0 amide bonds. The number of fused-ring (bicyclic) bond motifs is 6. The van der Waals surface area contributed by atoms with Crippen LogP contribution in [0.15, 0.2) is 170 Å². The number of rotatable bonds is 5. The van der Waals surface area contributed by atoms with E-state index >= 15 is 0 Å². The van der Waals surface area contributed by atoms with Gasteiger partial charge >= 0.3 is 0 Å². The molecule has 2 heterocycles. The van der Waals surface area contributed by atoms with Gasteiger partial charge in [0.25, 0.3) is 0 Å². The number of aromatic nitrogens is 1. The molecule has 2 nitrogen and oxygen atoms in total. The average Bonchev–Trinajstić information content (AvgIpc) is 3.65. The Kier molecular flexibility index (Phi) is 6.03. The summed E-state index contributed by atoms with van der Waals surface area (Å²) in [6.07, 6.45) is 0. The number of benzene rings is 7. The molecule has 0 aliphatic rings. The summed E-state index contributed by atoms with van der Waals surface area (Å²) in [6, 6.07) is 61.3. The Balaban J connectivity index is 1.17. The van der Waals surface area contributed by atoms with Gasteiger partial charge in [-0.1, -0.05) is 109 Å². The topological polar surface area (TPSA) is 8.17 Å². The molecule has 0 saturated heterocycles. The van der Waals surface area contributed by atoms with Gasteiger partial charge in [-0.05, 0) is 66.2 Å². The first-order valence-corrected chi connectivity index (χ1v) is 16.1. The normalized spacial score (nSPS) is 11.6. The fourth-order valence-corrected chi connectivity index (χ4v) is 7.90. The number of hydrogen-bond donors (Lipinski definition) is 0. The molecule has 212 valence electrons. The smallest absolute Gasteiger partial charge is 0.0541 e. The third-order valence-electron chi connectivity index (χ3n) is 8.80. The number of nitrogens with zero attached hydrogens (tertiary/aromatic N) is 2. The molecule has 0 aliphatic carbocycles. The fraction of sp³-hybridized carbons (Fsp3) is 0. The van der Waals surface area contributed by atoms with Gasteiger partial charge in [0, 0.05) is 53.6 Å². The lowest BCUT2D eigenvalue weighted by molar-refractivity contribution is 1.18. The summed E-state index contributed by atoms with van der Waals surface area (Å²) < 4.78 is 5.03. The van der Waals surface area contributed by atoms with Crippen molar-refractivity contribution < 1.29 is 0 Å². The van der Waals surface area contributed by atoms with Gasteiger partial charge in [-0.25, -0.2) is 0 Å². The van der Waals surface area contributed by atoms with Crippen LogP contribution in [-0.4, -0.2) is 4.57 Å². The molecule has 0 radical (unpaired) electrons. The summed E-state index contributed by atoms with van der Waals surface area (Å²) in [6.45, 7) is 0. The van der Waals surface area contributed by atoms with E-state index in [9.17, 15) is 0 Å². The van der Waals surface area contributed by atoms with Crippen molar-refractivity contribution in [1.29, 1.82) is 0 Å². The van der Waals surface area contributed by atoms with Crippen LogP contribution in [0, 0.1) is 0 Å². The molecule has 0 aliphatic heterocycles. The summed E-state index contributed by atoms with van der Waals surface area (Å²) in [7, 11) is 0. The Morgan fingerprint density at radius 2 is 0.956 bits per heavy atom. The van der Waals surface area contributed by atoms with Crippen molar-refractivity contribution >= 4 is 70.4 Å². The van der Waals surface area contributed by atoms with Gasteiger partial charge in [0.05, 0.1) is 16.7 Å². The zero-order chi connectivity index (χ0) is 29.7.